The fraction of sp³-hybridized carbons (Fsp3) is 0.682. The maximum Gasteiger partial charge on any atom is 0.416 e. The van der Waals surface area contributed by atoms with E-state index >= 15 is 0 Å². The fourth-order valence-electron chi connectivity index (χ4n) is 5.03. The van der Waals surface area contributed by atoms with E-state index in [4.69, 9.17) is 9.47 Å². The Bertz CT molecular complexity index is 810. The van der Waals surface area contributed by atoms with Crippen LogP contribution >= 0.6 is 0 Å². The molecule has 9 heteroatoms. The van der Waals surface area contributed by atoms with E-state index in [1.54, 1.807) is 6.92 Å². The first-order valence-corrected chi connectivity index (χ1v) is 10.8. The summed E-state index contributed by atoms with van der Waals surface area (Å²) in [5.41, 5.74) is -1.41. The van der Waals surface area contributed by atoms with E-state index in [0.29, 0.717) is 30.2 Å². The van der Waals surface area contributed by atoms with E-state index in [1.807, 2.05) is 0 Å². The van der Waals surface area contributed by atoms with Crippen molar-refractivity contribution in [2.45, 2.75) is 69.9 Å². The first-order chi connectivity index (χ1) is 14.7. The third-order valence-corrected chi connectivity index (χ3v) is 6.88. The van der Waals surface area contributed by atoms with E-state index in [1.165, 1.54) is 11.0 Å². The molecular weight excluding hydrogens is 413 g/mol. The van der Waals surface area contributed by atoms with E-state index in [9.17, 15) is 23.1 Å². The van der Waals surface area contributed by atoms with Crippen LogP contribution < -0.4 is 10.1 Å². The minimum Gasteiger partial charge on any atom is -0.473 e. The van der Waals surface area contributed by atoms with Gasteiger partial charge < -0.3 is 24.8 Å². The zero-order valence-electron chi connectivity index (χ0n) is 17.6. The number of halogens is 3. The molecule has 0 radical (unpaired) electrons. The van der Waals surface area contributed by atoms with Crippen LogP contribution in [0, 0.1) is 5.41 Å². The van der Waals surface area contributed by atoms with Crippen LogP contribution in [0.1, 0.15) is 50.2 Å². The van der Waals surface area contributed by atoms with Gasteiger partial charge in [0.25, 0.3) is 0 Å². The molecule has 1 aliphatic carbocycles. The van der Waals surface area contributed by atoms with Gasteiger partial charge in [-0.3, -0.25) is 4.79 Å². The number of benzene rings is 1. The minimum atomic E-state index is -4.46. The molecule has 1 saturated carbocycles. The molecule has 0 aromatic heterocycles. The molecule has 1 saturated heterocycles. The lowest BCUT2D eigenvalue weighted by molar-refractivity contribution is -0.153. The smallest absolute Gasteiger partial charge is 0.416 e. The number of aliphatic hydroxyl groups excluding tert-OH is 1. The number of aliphatic hydroxyl groups is 1. The Morgan fingerprint density at radius 3 is 2.68 bits per heavy atom. The van der Waals surface area contributed by atoms with Crippen molar-refractivity contribution in [2.75, 3.05) is 19.9 Å². The van der Waals surface area contributed by atoms with Crippen LogP contribution in [0.25, 0.3) is 0 Å². The Morgan fingerprint density at radius 2 is 2.00 bits per heavy atom. The zero-order valence-corrected chi connectivity index (χ0v) is 17.6. The van der Waals surface area contributed by atoms with Crippen molar-refractivity contribution < 1.29 is 32.5 Å². The molecule has 0 spiro atoms. The summed E-state index contributed by atoms with van der Waals surface area (Å²) in [5.74, 6) is 0.0930. The SMILES string of the molecule is C[C@H](O)[C@]1(C(=O)N2COc3ccc(C(F)(F)F)cc3C2)CC[C@@H](NC2CCOCC2)C1. The highest BCUT2D eigenvalue weighted by Crippen LogP contribution is 2.44. The molecule has 2 fully saturated rings. The van der Waals surface area contributed by atoms with Crippen molar-refractivity contribution in [2.24, 2.45) is 5.41 Å². The van der Waals surface area contributed by atoms with E-state index in [0.717, 1.165) is 44.6 Å². The normalized spacial score (nSPS) is 28.2. The van der Waals surface area contributed by atoms with Gasteiger partial charge in [0.2, 0.25) is 5.91 Å². The fourth-order valence-corrected chi connectivity index (χ4v) is 5.03. The molecule has 3 aliphatic rings. The Kier molecular flexibility index (Phi) is 6.20. The van der Waals surface area contributed by atoms with Crippen LogP contribution in [0.3, 0.4) is 0 Å². The van der Waals surface area contributed by atoms with Crippen molar-refractivity contribution >= 4 is 5.91 Å². The zero-order chi connectivity index (χ0) is 22.2. The van der Waals surface area contributed by atoms with Gasteiger partial charge in [0.1, 0.15) is 5.75 Å². The standard InChI is InChI=1S/C22H29F3N2O4/c1-14(28)21(7-4-18(11-21)26-17-5-8-30-9-6-17)20(29)27-12-15-10-16(22(23,24)25)2-3-19(15)31-13-27/h2-3,10,14,17-18,26,28H,4-9,11-13H2,1H3/t14-,18+,21-/m0/s1. The minimum absolute atomic E-state index is 0.0324. The highest BCUT2D eigenvalue weighted by Gasteiger charge is 2.51. The maximum absolute atomic E-state index is 13.5. The van der Waals surface area contributed by atoms with E-state index < -0.39 is 23.3 Å². The lowest BCUT2D eigenvalue weighted by atomic mass is 9.79. The average Bonchev–Trinajstić information content (AvgIpc) is 3.17. The molecule has 4 rings (SSSR count). The van der Waals surface area contributed by atoms with Crippen molar-refractivity contribution in [3.8, 4) is 5.75 Å². The molecule has 172 valence electrons. The number of nitrogens with one attached hydrogen (secondary N) is 1. The molecule has 31 heavy (non-hydrogen) atoms. The Labute approximate surface area is 179 Å². The van der Waals surface area contributed by atoms with Crippen LogP contribution in [-0.4, -0.2) is 54.0 Å². The summed E-state index contributed by atoms with van der Waals surface area (Å²) in [5, 5.41) is 14.2. The Hall–Kier alpha value is -1.84. The van der Waals surface area contributed by atoms with Crippen LogP contribution in [0.2, 0.25) is 0 Å². The monoisotopic (exact) mass is 442 g/mol. The molecule has 0 bridgehead atoms. The maximum atomic E-state index is 13.5. The first-order valence-electron chi connectivity index (χ1n) is 10.8. The lowest BCUT2D eigenvalue weighted by Gasteiger charge is -2.39. The summed E-state index contributed by atoms with van der Waals surface area (Å²) in [6.45, 7) is 3.05. The number of nitrogens with zero attached hydrogens (tertiary/aromatic N) is 1. The van der Waals surface area contributed by atoms with Gasteiger partial charge in [-0.15, -0.1) is 0 Å². The predicted octanol–water partition coefficient (Wildman–Crippen LogP) is 3.07. The molecule has 1 aromatic carbocycles. The second-order valence-electron chi connectivity index (χ2n) is 8.92. The van der Waals surface area contributed by atoms with E-state index in [-0.39, 0.29) is 25.2 Å². The number of carbonyl (C=O) groups is 1. The number of hydrogen-bond donors (Lipinski definition) is 2. The quantitative estimate of drug-likeness (QED) is 0.750. The first kappa shape index (κ1) is 22.4. The second-order valence-corrected chi connectivity index (χ2v) is 8.92. The topological polar surface area (TPSA) is 71.0 Å². The summed E-state index contributed by atoms with van der Waals surface area (Å²) < 4.78 is 50.3. The number of alkyl halides is 3. The third kappa shape index (κ3) is 4.54. The summed E-state index contributed by atoms with van der Waals surface area (Å²) >= 11 is 0. The molecule has 0 unspecified atom stereocenters. The molecule has 1 amide bonds. The Balaban J connectivity index is 1.48. The van der Waals surface area contributed by atoms with Crippen LogP contribution in [-0.2, 0) is 22.3 Å². The number of carbonyl (C=O) groups excluding carboxylic acids is 1. The van der Waals surface area contributed by atoms with Gasteiger partial charge in [0.15, 0.2) is 6.73 Å². The predicted molar refractivity (Wildman–Crippen MR) is 106 cm³/mol. The summed E-state index contributed by atoms with van der Waals surface area (Å²) in [6.07, 6.45) is -1.71. The number of hydrogen-bond acceptors (Lipinski definition) is 5. The number of fused-ring (bicyclic) bond motifs is 1. The average molecular weight is 442 g/mol. The number of amides is 1. The molecular formula is C22H29F3N2O4. The molecule has 3 atom stereocenters. The van der Waals surface area contributed by atoms with Crippen LogP contribution in [0.4, 0.5) is 13.2 Å². The second kappa shape index (κ2) is 8.60. The van der Waals surface area contributed by atoms with Crippen molar-refractivity contribution in [3.05, 3.63) is 29.3 Å². The van der Waals surface area contributed by atoms with Gasteiger partial charge in [0.05, 0.1) is 23.6 Å². The molecule has 6 nitrogen and oxygen atoms in total. The molecule has 2 heterocycles. The third-order valence-electron chi connectivity index (χ3n) is 6.88. The van der Waals surface area contributed by atoms with Crippen molar-refractivity contribution in [3.63, 3.8) is 0 Å². The van der Waals surface area contributed by atoms with Gasteiger partial charge in [-0.25, -0.2) is 0 Å². The van der Waals surface area contributed by atoms with Crippen LogP contribution in [0.15, 0.2) is 18.2 Å². The molecule has 1 aromatic rings. The number of ether oxygens (including phenoxy) is 2. The molecule has 2 N–H and O–H groups in total. The highest BCUT2D eigenvalue weighted by atomic mass is 19.4. The van der Waals surface area contributed by atoms with Gasteiger partial charge in [-0.2, -0.15) is 13.2 Å². The van der Waals surface area contributed by atoms with Gasteiger partial charge in [-0.05, 0) is 57.2 Å². The van der Waals surface area contributed by atoms with Crippen molar-refractivity contribution in [1.82, 2.24) is 10.2 Å². The van der Waals surface area contributed by atoms with E-state index in [2.05, 4.69) is 5.32 Å². The summed E-state index contributed by atoms with van der Waals surface area (Å²) in [7, 11) is 0. The van der Waals surface area contributed by atoms with Gasteiger partial charge in [0, 0.05) is 30.9 Å². The molecule has 2 aliphatic heterocycles. The van der Waals surface area contributed by atoms with Gasteiger partial charge >= 0.3 is 6.18 Å². The lowest BCUT2D eigenvalue weighted by Crippen LogP contribution is -2.51. The Morgan fingerprint density at radius 1 is 1.26 bits per heavy atom. The summed E-state index contributed by atoms with van der Waals surface area (Å²) in [6, 6.07) is 3.76. The summed E-state index contributed by atoms with van der Waals surface area (Å²) in [4.78, 5) is 14.9. The van der Waals surface area contributed by atoms with Gasteiger partial charge in [-0.1, -0.05) is 0 Å². The number of rotatable bonds is 4. The largest absolute Gasteiger partial charge is 0.473 e. The van der Waals surface area contributed by atoms with Crippen molar-refractivity contribution in [1.29, 1.82) is 0 Å². The van der Waals surface area contributed by atoms with Crippen LogP contribution in [0.5, 0.6) is 5.75 Å². The highest BCUT2D eigenvalue weighted by molar-refractivity contribution is 5.84.